The summed E-state index contributed by atoms with van der Waals surface area (Å²) in [7, 11) is 0. The van der Waals surface area contributed by atoms with Gasteiger partial charge in [0.05, 0.1) is 17.8 Å². The molecule has 1 unspecified atom stereocenters. The predicted molar refractivity (Wildman–Crippen MR) is 124 cm³/mol. The van der Waals surface area contributed by atoms with E-state index in [1.807, 2.05) is 30.3 Å². The van der Waals surface area contributed by atoms with E-state index >= 15 is 0 Å². The fourth-order valence-electron chi connectivity index (χ4n) is 4.94. The predicted octanol–water partition coefficient (Wildman–Crippen LogP) is 2.56. The van der Waals surface area contributed by atoms with Gasteiger partial charge in [-0.3, -0.25) is 19.5 Å². The zero-order valence-electron chi connectivity index (χ0n) is 18.3. The first-order chi connectivity index (χ1) is 15.7. The van der Waals surface area contributed by atoms with Gasteiger partial charge in [0, 0.05) is 42.3 Å². The number of carbonyl (C=O) groups excluding carboxylic acids is 1. The van der Waals surface area contributed by atoms with Gasteiger partial charge in [0.15, 0.2) is 0 Å². The standard InChI is InChI=1S/C25H29N5O2/c31-24-16-19-5-3-8-23(19)28-30(24)14-13-29-12-2-1-7-21(29)17-27-25(32)20-9-10-22-18(15-20)6-4-11-26-22/h4,6,9-11,15-16,21H,1-3,5,7-8,12-14,17H2,(H,27,32). The van der Waals surface area contributed by atoms with Gasteiger partial charge in [-0.05, 0) is 68.5 Å². The quantitative estimate of drug-likeness (QED) is 0.649. The van der Waals surface area contributed by atoms with Crippen molar-refractivity contribution in [2.45, 2.75) is 51.1 Å². The number of rotatable bonds is 6. The van der Waals surface area contributed by atoms with Crippen LogP contribution < -0.4 is 10.9 Å². The highest BCUT2D eigenvalue weighted by Crippen LogP contribution is 2.19. The second-order valence-corrected chi connectivity index (χ2v) is 8.84. The van der Waals surface area contributed by atoms with Gasteiger partial charge in [-0.1, -0.05) is 12.5 Å². The molecule has 1 atom stereocenters. The minimum absolute atomic E-state index is 0.00157. The van der Waals surface area contributed by atoms with Gasteiger partial charge < -0.3 is 5.32 Å². The average Bonchev–Trinajstić information content (AvgIpc) is 3.28. The zero-order chi connectivity index (χ0) is 21.9. The molecule has 32 heavy (non-hydrogen) atoms. The molecule has 2 aliphatic rings. The molecule has 0 spiro atoms. The summed E-state index contributed by atoms with van der Waals surface area (Å²) in [5, 5.41) is 8.69. The SMILES string of the molecule is O=C(NCC1CCCCN1CCn1nc2c(cc1=O)CCC2)c1ccc2ncccc2c1. The first kappa shape index (κ1) is 20.8. The second kappa shape index (κ2) is 9.20. The number of piperidine rings is 1. The number of likely N-dealkylation sites (tertiary alicyclic amines) is 1. The molecule has 1 saturated heterocycles. The molecule has 5 rings (SSSR count). The molecule has 0 radical (unpaired) electrons. The van der Waals surface area contributed by atoms with Crippen molar-refractivity contribution in [3.63, 3.8) is 0 Å². The number of hydrogen-bond donors (Lipinski definition) is 1. The van der Waals surface area contributed by atoms with Crippen LogP contribution in [0.25, 0.3) is 10.9 Å². The Morgan fingerprint density at radius 3 is 2.97 bits per heavy atom. The van der Waals surface area contributed by atoms with Crippen LogP contribution in [0.2, 0.25) is 0 Å². The Kier molecular flexibility index (Phi) is 5.99. The zero-order valence-corrected chi connectivity index (χ0v) is 18.3. The van der Waals surface area contributed by atoms with Gasteiger partial charge in [0.25, 0.3) is 11.5 Å². The Bertz CT molecular complexity index is 1190. The van der Waals surface area contributed by atoms with Crippen molar-refractivity contribution in [2.24, 2.45) is 0 Å². The number of aromatic nitrogens is 3. The summed E-state index contributed by atoms with van der Waals surface area (Å²) < 4.78 is 1.62. The van der Waals surface area contributed by atoms with Crippen molar-refractivity contribution in [1.29, 1.82) is 0 Å². The van der Waals surface area contributed by atoms with Crippen LogP contribution in [0.3, 0.4) is 0 Å². The Balaban J connectivity index is 1.21. The van der Waals surface area contributed by atoms with E-state index in [4.69, 9.17) is 0 Å². The molecule has 1 aliphatic carbocycles. The van der Waals surface area contributed by atoms with E-state index < -0.39 is 0 Å². The molecule has 166 valence electrons. The number of amides is 1. The summed E-state index contributed by atoms with van der Waals surface area (Å²) in [6.07, 6.45) is 8.15. The maximum atomic E-state index is 12.8. The lowest BCUT2D eigenvalue weighted by Crippen LogP contribution is -2.48. The monoisotopic (exact) mass is 431 g/mol. The van der Waals surface area contributed by atoms with Crippen LogP contribution >= 0.6 is 0 Å². The molecule has 7 heteroatoms. The molecular formula is C25H29N5O2. The first-order valence-corrected chi connectivity index (χ1v) is 11.6. The van der Waals surface area contributed by atoms with Crippen molar-refractivity contribution in [3.8, 4) is 0 Å². The number of hydrogen-bond acceptors (Lipinski definition) is 5. The molecule has 1 aromatic carbocycles. The second-order valence-electron chi connectivity index (χ2n) is 8.84. The fraction of sp³-hybridized carbons (Fsp3) is 0.440. The third-order valence-corrected chi connectivity index (χ3v) is 6.74. The molecule has 2 aromatic heterocycles. The van der Waals surface area contributed by atoms with E-state index in [-0.39, 0.29) is 17.5 Å². The van der Waals surface area contributed by atoms with E-state index in [0.717, 1.165) is 73.8 Å². The number of carbonyl (C=O) groups is 1. The molecular weight excluding hydrogens is 402 g/mol. The average molecular weight is 432 g/mol. The number of benzene rings is 1. The number of fused-ring (bicyclic) bond motifs is 2. The third-order valence-electron chi connectivity index (χ3n) is 6.74. The Morgan fingerprint density at radius 1 is 1.09 bits per heavy atom. The van der Waals surface area contributed by atoms with Crippen LogP contribution in [-0.2, 0) is 19.4 Å². The normalized spacial score (nSPS) is 18.6. The summed E-state index contributed by atoms with van der Waals surface area (Å²) in [5.41, 5.74) is 3.74. The number of nitrogens with one attached hydrogen (secondary N) is 1. The molecule has 3 aromatic rings. The lowest BCUT2D eigenvalue weighted by molar-refractivity contribution is 0.0909. The number of aryl methyl sites for hydroxylation is 2. The van der Waals surface area contributed by atoms with Crippen LogP contribution in [0.15, 0.2) is 47.4 Å². The minimum atomic E-state index is -0.0576. The molecule has 0 saturated carbocycles. The Hall–Kier alpha value is -3.06. The molecule has 1 fully saturated rings. The van der Waals surface area contributed by atoms with Crippen molar-refractivity contribution >= 4 is 16.8 Å². The molecule has 7 nitrogen and oxygen atoms in total. The number of nitrogens with zero attached hydrogens (tertiary/aromatic N) is 4. The number of pyridine rings is 1. The van der Waals surface area contributed by atoms with Gasteiger partial charge in [-0.2, -0.15) is 5.10 Å². The maximum Gasteiger partial charge on any atom is 0.267 e. The van der Waals surface area contributed by atoms with Gasteiger partial charge in [0.1, 0.15) is 0 Å². The van der Waals surface area contributed by atoms with Crippen LogP contribution in [0.1, 0.15) is 47.3 Å². The van der Waals surface area contributed by atoms with Crippen molar-refractivity contribution in [1.82, 2.24) is 25.0 Å². The van der Waals surface area contributed by atoms with E-state index in [0.29, 0.717) is 18.7 Å². The maximum absolute atomic E-state index is 12.8. The molecule has 1 aliphatic heterocycles. The molecule has 1 amide bonds. The summed E-state index contributed by atoms with van der Waals surface area (Å²) >= 11 is 0. The highest BCUT2D eigenvalue weighted by atomic mass is 16.1. The first-order valence-electron chi connectivity index (χ1n) is 11.6. The van der Waals surface area contributed by atoms with E-state index in [1.54, 1.807) is 16.9 Å². The van der Waals surface area contributed by atoms with Crippen LogP contribution in [0.5, 0.6) is 0 Å². The molecule has 1 N–H and O–H groups in total. The highest BCUT2D eigenvalue weighted by Gasteiger charge is 2.23. The van der Waals surface area contributed by atoms with E-state index in [1.165, 1.54) is 0 Å². The van der Waals surface area contributed by atoms with Crippen LogP contribution in [0.4, 0.5) is 0 Å². The summed E-state index contributed by atoms with van der Waals surface area (Å²) in [4.78, 5) is 31.9. The Labute approximate surface area is 187 Å². The molecule has 3 heterocycles. The van der Waals surface area contributed by atoms with Gasteiger partial charge in [-0.25, -0.2) is 4.68 Å². The smallest absolute Gasteiger partial charge is 0.267 e. The van der Waals surface area contributed by atoms with Gasteiger partial charge >= 0.3 is 0 Å². The third kappa shape index (κ3) is 4.43. The van der Waals surface area contributed by atoms with E-state index in [2.05, 4.69) is 20.3 Å². The summed E-state index contributed by atoms with van der Waals surface area (Å²) in [5.74, 6) is -0.0576. The topological polar surface area (TPSA) is 80.1 Å². The lowest BCUT2D eigenvalue weighted by Gasteiger charge is -2.35. The van der Waals surface area contributed by atoms with Crippen molar-refractivity contribution in [3.05, 3.63) is 69.8 Å². The fourth-order valence-corrected chi connectivity index (χ4v) is 4.94. The van der Waals surface area contributed by atoms with E-state index in [9.17, 15) is 9.59 Å². The molecule has 0 bridgehead atoms. The van der Waals surface area contributed by atoms with Gasteiger partial charge in [0.2, 0.25) is 0 Å². The summed E-state index contributed by atoms with van der Waals surface area (Å²) in [6.45, 7) is 2.96. The van der Waals surface area contributed by atoms with Crippen molar-refractivity contribution < 1.29 is 4.79 Å². The summed E-state index contributed by atoms with van der Waals surface area (Å²) in [6, 6.07) is 11.5. The Morgan fingerprint density at radius 2 is 2.03 bits per heavy atom. The minimum Gasteiger partial charge on any atom is -0.350 e. The van der Waals surface area contributed by atoms with Crippen molar-refractivity contribution in [2.75, 3.05) is 19.6 Å². The highest BCUT2D eigenvalue weighted by molar-refractivity contribution is 5.97. The largest absolute Gasteiger partial charge is 0.350 e. The van der Waals surface area contributed by atoms with Gasteiger partial charge in [-0.15, -0.1) is 0 Å². The van der Waals surface area contributed by atoms with Crippen LogP contribution in [0, 0.1) is 0 Å². The lowest BCUT2D eigenvalue weighted by atomic mass is 10.0. The van der Waals surface area contributed by atoms with Crippen LogP contribution in [-0.4, -0.2) is 51.2 Å².